The van der Waals surface area contributed by atoms with Crippen molar-refractivity contribution in [2.24, 2.45) is 0 Å². The summed E-state index contributed by atoms with van der Waals surface area (Å²) in [5.41, 5.74) is 3.49. The van der Waals surface area contributed by atoms with Crippen LogP contribution in [0, 0.1) is 0 Å². The van der Waals surface area contributed by atoms with Crippen molar-refractivity contribution >= 4 is 51.4 Å². The van der Waals surface area contributed by atoms with Gasteiger partial charge in [0.25, 0.3) is 0 Å². The fourth-order valence-electron chi connectivity index (χ4n) is 1.70. The van der Waals surface area contributed by atoms with Crippen LogP contribution in [0.25, 0.3) is 17.3 Å². The van der Waals surface area contributed by atoms with Crippen molar-refractivity contribution in [1.29, 1.82) is 0 Å². The highest BCUT2D eigenvalue weighted by Crippen LogP contribution is 2.26. The standard InChI is InChI=1S/C15H10ClN3OS2/c16-11-3-1-10(2-4-11)13-8-21-15(18-13)19-14(20)6-5-12-7-17-9-22-12/h1-9H,(H,18,19,20)/b6-5+. The molecule has 0 aliphatic rings. The van der Waals surface area contributed by atoms with Gasteiger partial charge in [0, 0.05) is 33.1 Å². The highest BCUT2D eigenvalue weighted by Gasteiger charge is 2.06. The first kappa shape index (κ1) is 14.9. The Morgan fingerprint density at radius 1 is 1.23 bits per heavy atom. The zero-order valence-electron chi connectivity index (χ0n) is 11.2. The molecule has 1 N–H and O–H groups in total. The lowest BCUT2D eigenvalue weighted by atomic mass is 10.2. The van der Waals surface area contributed by atoms with Gasteiger partial charge in [-0.15, -0.1) is 22.7 Å². The Kier molecular flexibility index (Phi) is 4.62. The fraction of sp³-hybridized carbons (Fsp3) is 0. The lowest BCUT2D eigenvalue weighted by molar-refractivity contribution is -0.111. The lowest BCUT2D eigenvalue weighted by Gasteiger charge is -1.97. The van der Waals surface area contributed by atoms with Crippen molar-refractivity contribution in [2.45, 2.75) is 0 Å². The highest BCUT2D eigenvalue weighted by atomic mass is 35.5. The van der Waals surface area contributed by atoms with Gasteiger partial charge in [-0.1, -0.05) is 23.7 Å². The number of aromatic nitrogens is 2. The minimum absolute atomic E-state index is 0.217. The summed E-state index contributed by atoms with van der Waals surface area (Å²) >= 11 is 8.72. The molecule has 1 aromatic carbocycles. The summed E-state index contributed by atoms with van der Waals surface area (Å²) in [6.45, 7) is 0. The molecule has 4 nitrogen and oxygen atoms in total. The fourth-order valence-corrected chi connectivity index (χ4v) is 3.06. The van der Waals surface area contributed by atoms with Gasteiger partial charge in [0.05, 0.1) is 11.2 Å². The summed E-state index contributed by atoms with van der Waals surface area (Å²) in [6, 6.07) is 7.41. The SMILES string of the molecule is O=C(/C=C/c1cncs1)Nc1nc(-c2ccc(Cl)cc2)cs1. The maximum Gasteiger partial charge on any atom is 0.250 e. The molecule has 0 bridgehead atoms. The van der Waals surface area contributed by atoms with Gasteiger partial charge in [-0.05, 0) is 18.2 Å². The number of rotatable bonds is 4. The van der Waals surface area contributed by atoms with E-state index in [-0.39, 0.29) is 5.91 Å². The molecule has 2 heterocycles. The normalized spacial score (nSPS) is 11.0. The summed E-state index contributed by atoms with van der Waals surface area (Å²) in [5, 5.41) is 5.88. The van der Waals surface area contributed by atoms with Crippen molar-refractivity contribution in [1.82, 2.24) is 9.97 Å². The van der Waals surface area contributed by atoms with Crippen LogP contribution < -0.4 is 5.32 Å². The quantitative estimate of drug-likeness (QED) is 0.703. The van der Waals surface area contributed by atoms with Gasteiger partial charge in [-0.3, -0.25) is 15.1 Å². The van der Waals surface area contributed by atoms with Crippen LogP contribution in [0.15, 0.2) is 47.4 Å². The number of hydrogen-bond acceptors (Lipinski definition) is 5. The maximum absolute atomic E-state index is 11.8. The van der Waals surface area contributed by atoms with E-state index in [1.807, 2.05) is 29.6 Å². The van der Waals surface area contributed by atoms with Crippen LogP contribution in [0.2, 0.25) is 5.02 Å². The number of nitrogens with zero attached hydrogens (tertiary/aromatic N) is 2. The summed E-state index contributed by atoms with van der Waals surface area (Å²) in [7, 11) is 0. The first-order chi connectivity index (χ1) is 10.7. The van der Waals surface area contributed by atoms with Crippen molar-refractivity contribution < 1.29 is 4.79 Å². The molecule has 0 fully saturated rings. The molecule has 0 aliphatic carbocycles. The number of carbonyl (C=O) groups excluding carboxylic acids is 1. The third kappa shape index (κ3) is 3.79. The highest BCUT2D eigenvalue weighted by molar-refractivity contribution is 7.14. The average Bonchev–Trinajstić information content (AvgIpc) is 3.17. The summed E-state index contributed by atoms with van der Waals surface area (Å²) in [6.07, 6.45) is 4.90. The molecule has 7 heteroatoms. The van der Waals surface area contributed by atoms with Gasteiger partial charge in [0.1, 0.15) is 0 Å². The van der Waals surface area contributed by atoms with Crippen LogP contribution in [-0.2, 0) is 4.79 Å². The topological polar surface area (TPSA) is 54.9 Å². The Labute approximate surface area is 140 Å². The van der Waals surface area contributed by atoms with E-state index in [1.54, 1.807) is 17.8 Å². The zero-order chi connectivity index (χ0) is 15.4. The van der Waals surface area contributed by atoms with Crippen molar-refractivity contribution in [3.63, 3.8) is 0 Å². The third-order valence-corrected chi connectivity index (χ3v) is 4.48. The minimum atomic E-state index is -0.217. The molecule has 0 saturated heterocycles. The molecule has 2 aromatic heterocycles. The minimum Gasteiger partial charge on any atom is -0.298 e. The molecular formula is C15H10ClN3OS2. The van der Waals surface area contributed by atoms with Crippen LogP contribution in [0.4, 0.5) is 5.13 Å². The largest absolute Gasteiger partial charge is 0.298 e. The van der Waals surface area contributed by atoms with E-state index < -0.39 is 0 Å². The first-order valence-corrected chi connectivity index (χ1v) is 8.43. The summed E-state index contributed by atoms with van der Waals surface area (Å²) in [4.78, 5) is 21.1. The van der Waals surface area contributed by atoms with Crippen LogP contribution in [0.3, 0.4) is 0 Å². The monoisotopic (exact) mass is 347 g/mol. The number of nitrogens with one attached hydrogen (secondary N) is 1. The Morgan fingerprint density at radius 2 is 2.05 bits per heavy atom. The number of hydrogen-bond donors (Lipinski definition) is 1. The average molecular weight is 348 g/mol. The summed E-state index contributed by atoms with van der Waals surface area (Å²) in [5.74, 6) is -0.217. The number of amides is 1. The third-order valence-electron chi connectivity index (χ3n) is 2.72. The smallest absolute Gasteiger partial charge is 0.250 e. The first-order valence-electron chi connectivity index (χ1n) is 6.30. The second kappa shape index (κ2) is 6.83. The van der Waals surface area contributed by atoms with Crippen LogP contribution in [0.5, 0.6) is 0 Å². The number of anilines is 1. The van der Waals surface area contributed by atoms with E-state index in [0.717, 1.165) is 16.1 Å². The van der Waals surface area contributed by atoms with Gasteiger partial charge in [0.15, 0.2) is 5.13 Å². The molecule has 22 heavy (non-hydrogen) atoms. The second-order valence-electron chi connectivity index (χ2n) is 4.27. The molecule has 0 unspecified atom stereocenters. The number of benzene rings is 1. The van der Waals surface area contributed by atoms with Gasteiger partial charge in [-0.2, -0.15) is 0 Å². The van der Waals surface area contributed by atoms with Gasteiger partial charge < -0.3 is 0 Å². The lowest BCUT2D eigenvalue weighted by Crippen LogP contribution is -2.07. The van der Waals surface area contributed by atoms with Crippen molar-refractivity contribution in [3.05, 3.63) is 57.3 Å². The predicted molar refractivity (Wildman–Crippen MR) is 92.3 cm³/mol. The molecule has 1 amide bonds. The van der Waals surface area contributed by atoms with E-state index in [9.17, 15) is 4.79 Å². The Balaban J connectivity index is 1.66. The number of carbonyl (C=O) groups is 1. The van der Waals surface area contributed by atoms with E-state index in [2.05, 4.69) is 15.3 Å². The van der Waals surface area contributed by atoms with Gasteiger partial charge in [0.2, 0.25) is 5.91 Å². The number of thiazole rings is 2. The predicted octanol–water partition coefficient (Wildman–Crippen LogP) is 4.57. The molecule has 110 valence electrons. The molecule has 3 aromatic rings. The Hall–Kier alpha value is -2.02. The van der Waals surface area contributed by atoms with Crippen LogP contribution >= 0.6 is 34.3 Å². The van der Waals surface area contributed by atoms with E-state index >= 15 is 0 Å². The molecule has 3 rings (SSSR count). The van der Waals surface area contributed by atoms with Crippen LogP contribution in [-0.4, -0.2) is 15.9 Å². The molecule has 0 spiro atoms. The van der Waals surface area contributed by atoms with Crippen molar-refractivity contribution in [3.8, 4) is 11.3 Å². The van der Waals surface area contributed by atoms with Crippen LogP contribution in [0.1, 0.15) is 4.88 Å². The van der Waals surface area contributed by atoms with E-state index in [4.69, 9.17) is 11.6 Å². The number of halogens is 1. The zero-order valence-corrected chi connectivity index (χ0v) is 13.6. The van der Waals surface area contributed by atoms with Crippen molar-refractivity contribution in [2.75, 3.05) is 5.32 Å². The van der Waals surface area contributed by atoms with E-state index in [0.29, 0.717) is 10.2 Å². The molecular weight excluding hydrogens is 338 g/mol. The van der Waals surface area contributed by atoms with Gasteiger partial charge >= 0.3 is 0 Å². The maximum atomic E-state index is 11.8. The molecule has 0 saturated carbocycles. The molecule has 0 radical (unpaired) electrons. The Bertz CT molecular complexity index is 795. The summed E-state index contributed by atoms with van der Waals surface area (Å²) < 4.78 is 0. The van der Waals surface area contributed by atoms with Gasteiger partial charge in [-0.25, -0.2) is 4.98 Å². The van der Waals surface area contributed by atoms with E-state index in [1.165, 1.54) is 28.7 Å². The Morgan fingerprint density at radius 3 is 2.77 bits per heavy atom. The second-order valence-corrected chi connectivity index (χ2v) is 6.48. The molecule has 0 aliphatic heterocycles. The molecule has 0 atom stereocenters.